The van der Waals surface area contributed by atoms with Crippen LogP contribution in [0.15, 0.2) is 215 Å². The van der Waals surface area contributed by atoms with E-state index in [1.165, 1.54) is 49.2 Å². The van der Waals surface area contributed by atoms with Gasteiger partial charge in [-0.1, -0.05) is 164 Å². The van der Waals surface area contributed by atoms with E-state index in [4.69, 9.17) is 8.83 Å². The molecule has 0 radical (unpaired) electrons. The highest BCUT2D eigenvalue weighted by Crippen LogP contribution is 2.47. The summed E-state index contributed by atoms with van der Waals surface area (Å²) in [7, 11) is 0. The standard InChI is InChI=1S/C58H39NO2/c1-2-12-38(13-3-1)39-24-26-40(27-25-39)41-28-32-44(33-29-41)59(45-34-30-43(31-35-45)47-19-11-21-50-49-17-6-8-22-54(49)60-57(47)50)53-37-36-51(48-20-10-15-42-14-4-5-16-46(42)48)58-56(53)52-18-7-9-23-55(52)61-58/h1-10,12-18,20-37H,11,19H2. The van der Waals surface area contributed by atoms with Crippen LogP contribution < -0.4 is 15.5 Å². The van der Waals surface area contributed by atoms with E-state index in [0.717, 1.165) is 79.5 Å². The van der Waals surface area contributed by atoms with Crippen molar-refractivity contribution in [3.8, 4) is 33.4 Å². The number of para-hydroxylation sites is 2. The summed E-state index contributed by atoms with van der Waals surface area (Å²) in [6.45, 7) is 0. The molecule has 11 aromatic rings. The van der Waals surface area contributed by atoms with Crippen LogP contribution in [0.3, 0.4) is 0 Å². The molecule has 2 heterocycles. The molecule has 61 heavy (non-hydrogen) atoms. The zero-order chi connectivity index (χ0) is 40.3. The van der Waals surface area contributed by atoms with Crippen LogP contribution in [0, 0.1) is 0 Å². The Balaban J connectivity index is 1.03. The van der Waals surface area contributed by atoms with Crippen LogP contribution in [0.25, 0.3) is 88.7 Å². The summed E-state index contributed by atoms with van der Waals surface area (Å²) >= 11 is 0. The van der Waals surface area contributed by atoms with Crippen molar-refractivity contribution >= 4 is 72.4 Å². The smallest absolute Gasteiger partial charge is 0.145 e. The molecule has 0 N–H and O–H groups in total. The van der Waals surface area contributed by atoms with Gasteiger partial charge in [0.15, 0.2) is 0 Å². The molecule has 1 aliphatic carbocycles. The van der Waals surface area contributed by atoms with Crippen molar-refractivity contribution in [2.75, 3.05) is 4.90 Å². The normalized spacial score (nSPS) is 12.6. The molecule has 0 saturated heterocycles. The fourth-order valence-corrected chi connectivity index (χ4v) is 9.44. The van der Waals surface area contributed by atoms with E-state index in [9.17, 15) is 0 Å². The minimum absolute atomic E-state index is 0.864. The largest absolute Gasteiger partial charge is 0.456 e. The molecule has 0 saturated carbocycles. The van der Waals surface area contributed by atoms with E-state index in [1.807, 2.05) is 6.07 Å². The van der Waals surface area contributed by atoms with E-state index < -0.39 is 0 Å². The summed E-state index contributed by atoms with van der Waals surface area (Å²) in [5.74, 6) is 0. The maximum Gasteiger partial charge on any atom is 0.145 e. The first-order chi connectivity index (χ1) is 30.2. The van der Waals surface area contributed by atoms with Crippen LogP contribution in [0.2, 0.25) is 0 Å². The SMILES string of the molecule is C1=c2c(oc3ccccc23)=C(c2ccc(N(c3ccc(-c4ccc(-c5ccccc5)cc4)cc3)c3ccc(-c4cccc5ccccc45)c4oc5ccccc5c34)cc2)CC1. The summed E-state index contributed by atoms with van der Waals surface area (Å²) in [4.78, 5) is 2.38. The van der Waals surface area contributed by atoms with Gasteiger partial charge in [0.2, 0.25) is 0 Å². The number of furan rings is 2. The second-order valence-electron chi connectivity index (χ2n) is 15.9. The first-order valence-electron chi connectivity index (χ1n) is 21.0. The molecule has 1 aliphatic rings. The van der Waals surface area contributed by atoms with Gasteiger partial charge in [0.25, 0.3) is 0 Å². The van der Waals surface area contributed by atoms with E-state index in [2.05, 4.69) is 211 Å². The lowest BCUT2D eigenvalue weighted by Gasteiger charge is -2.27. The van der Waals surface area contributed by atoms with Crippen molar-refractivity contribution in [3.05, 3.63) is 222 Å². The van der Waals surface area contributed by atoms with Crippen LogP contribution in [-0.4, -0.2) is 0 Å². The Labute approximate surface area is 353 Å². The maximum atomic E-state index is 6.88. The molecule has 2 aromatic heterocycles. The molecule has 0 spiro atoms. The Bertz CT molecular complexity index is 3550. The van der Waals surface area contributed by atoms with Gasteiger partial charge < -0.3 is 13.7 Å². The van der Waals surface area contributed by atoms with Crippen LogP contribution >= 0.6 is 0 Å². The number of anilines is 3. The van der Waals surface area contributed by atoms with E-state index in [1.54, 1.807) is 0 Å². The topological polar surface area (TPSA) is 29.5 Å². The van der Waals surface area contributed by atoms with Gasteiger partial charge in [-0.2, -0.15) is 0 Å². The van der Waals surface area contributed by atoms with Crippen LogP contribution in [0.1, 0.15) is 18.4 Å². The first-order valence-corrected chi connectivity index (χ1v) is 21.0. The van der Waals surface area contributed by atoms with Crippen LogP contribution in [-0.2, 0) is 0 Å². The average Bonchev–Trinajstić information content (AvgIpc) is 3.92. The lowest BCUT2D eigenvalue weighted by atomic mass is 9.95. The van der Waals surface area contributed by atoms with Gasteiger partial charge in [0, 0.05) is 38.5 Å². The van der Waals surface area contributed by atoms with Gasteiger partial charge in [0.1, 0.15) is 22.2 Å². The molecule has 12 rings (SSSR count). The number of rotatable bonds is 7. The zero-order valence-corrected chi connectivity index (χ0v) is 33.4. The third kappa shape index (κ3) is 5.97. The Morgan fingerprint density at radius 3 is 1.67 bits per heavy atom. The van der Waals surface area contributed by atoms with Gasteiger partial charge in [-0.05, 0) is 106 Å². The predicted molar refractivity (Wildman–Crippen MR) is 254 cm³/mol. The van der Waals surface area contributed by atoms with Gasteiger partial charge in [-0.15, -0.1) is 0 Å². The molecule has 288 valence electrons. The first kappa shape index (κ1) is 35.1. The Morgan fingerprint density at radius 1 is 0.393 bits per heavy atom. The molecule has 0 amide bonds. The van der Waals surface area contributed by atoms with E-state index >= 15 is 0 Å². The van der Waals surface area contributed by atoms with E-state index in [0.29, 0.717) is 0 Å². The number of hydrogen-bond donors (Lipinski definition) is 0. The van der Waals surface area contributed by atoms with Gasteiger partial charge in [-0.3, -0.25) is 0 Å². The highest BCUT2D eigenvalue weighted by atomic mass is 16.3. The minimum atomic E-state index is 0.864. The number of hydrogen-bond acceptors (Lipinski definition) is 3. The molecular weight excluding hydrogens is 743 g/mol. The van der Waals surface area contributed by atoms with Crippen LogP contribution in [0.4, 0.5) is 17.1 Å². The highest BCUT2D eigenvalue weighted by Gasteiger charge is 2.23. The van der Waals surface area contributed by atoms with Crippen molar-refractivity contribution in [1.29, 1.82) is 0 Å². The quantitative estimate of drug-likeness (QED) is 0.161. The summed E-state index contributed by atoms with van der Waals surface area (Å²) in [6.07, 6.45) is 4.24. The van der Waals surface area contributed by atoms with Crippen molar-refractivity contribution in [3.63, 3.8) is 0 Å². The summed E-state index contributed by atoms with van der Waals surface area (Å²) in [5, 5.41) is 6.94. The van der Waals surface area contributed by atoms with Gasteiger partial charge in [-0.25, -0.2) is 0 Å². The van der Waals surface area contributed by atoms with Crippen molar-refractivity contribution in [2.45, 2.75) is 12.8 Å². The molecule has 0 unspecified atom stereocenters. The molecule has 0 atom stereocenters. The molecular formula is C58H39NO2. The van der Waals surface area contributed by atoms with Crippen molar-refractivity contribution in [1.82, 2.24) is 0 Å². The zero-order valence-electron chi connectivity index (χ0n) is 33.4. The lowest BCUT2D eigenvalue weighted by molar-refractivity contribution is 0.568. The second-order valence-corrected chi connectivity index (χ2v) is 15.9. The monoisotopic (exact) mass is 781 g/mol. The number of benzene rings is 9. The van der Waals surface area contributed by atoms with Gasteiger partial charge >= 0.3 is 0 Å². The average molecular weight is 782 g/mol. The molecule has 3 nitrogen and oxygen atoms in total. The predicted octanol–water partition coefficient (Wildman–Crippen LogP) is 14.7. The Kier molecular flexibility index (Phi) is 8.31. The number of fused-ring (bicyclic) bond motifs is 7. The Hall–Kier alpha value is -7.88. The third-order valence-corrected chi connectivity index (χ3v) is 12.4. The van der Waals surface area contributed by atoms with Crippen molar-refractivity contribution in [2.24, 2.45) is 0 Å². The minimum Gasteiger partial charge on any atom is -0.456 e. The summed E-state index contributed by atoms with van der Waals surface area (Å²) in [6, 6.07) is 73.8. The van der Waals surface area contributed by atoms with Gasteiger partial charge in [0.05, 0.1) is 11.1 Å². The molecule has 0 fully saturated rings. The lowest BCUT2D eigenvalue weighted by Crippen LogP contribution is -2.26. The molecule has 0 aliphatic heterocycles. The second kappa shape index (κ2) is 14.4. The summed E-state index contributed by atoms with van der Waals surface area (Å²) < 4.78 is 13.4. The molecule has 3 heteroatoms. The number of nitrogens with zero attached hydrogens (tertiary/aromatic N) is 1. The Morgan fingerprint density at radius 2 is 0.951 bits per heavy atom. The maximum absolute atomic E-state index is 6.88. The molecule has 9 aromatic carbocycles. The summed E-state index contributed by atoms with van der Waals surface area (Å²) in [5.41, 5.74) is 16.2. The third-order valence-electron chi connectivity index (χ3n) is 12.4. The van der Waals surface area contributed by atoms with E-state index in [-0.39, 0.29) is 0 Å². The fraction of sp³-hybridized carbons (Fsp3) is 0.0345. The van der Waals surface area contributed by atoms with Crippen LogP contribution in [0.5, 0.6) is 0 Å². The molecule has 0 bridgehead atoms. The fourth-order valence-electron chi connectivity index (χ4n) is 9.44. The van der Waals surface area contributed by atoms with Crippen molar-refractivity contribution < 1.29 is 8.83 Å². The highest BCUT2D eigenvalue weighted by molar-refractivity contribution is 6.18.